The lowest BCUT2D eigenvalue weighted by Gasteiger charge is -2.37. The molecular formula is C35H38FN3O3. The molecule has 218 valence electrons. The molecule has 42 heavy (non-hydrogen) atoms. The van der Waals surface area contributed by atoms with Crippen LogP contribution < -0.4 is 0 Å². The van der Waals surface area contributed by atoms with Gasteiger partial charge in [-0.15, -0.1) is 0 Å². The number of nitrogens with zero attached hydrogens (tertiary/aromatic N) is 3. The normalized spacial score (nSPS) is 28.6. The van der Waals surface area contributed by atoms with Gasteiger partial charge in [-0.1, -0.05) is 42.5 Å². The molecule has 3 aliphatic heterocycles. The number of hydrogen-bond acceptors (Lipinski definition) is 5. The Kier molecular flexibility index (Phi) is 6.90. The molecule has 0 saturated heterocycles. The predicted octanol–water partition coefficient (Wildman–Crippen LogP) is 5.54. The quantitative estimate of drug-likeness (QED) is 0.481. The van der Waals surface area contributed by atoms with Gasteiger partial charge in [0.1, 0.15) is 17.3 Å². The smallest absolute Gasteiger partial charge is 0.273 e. The summed E-state index contributed by atoms with van der Waals surface area (Å²) in [6, 6.07) is 13.7. The number of hydrogen-bond donors (Lipinski definition) is 2. The second-order valence-corrected chi connectivity index (χ2v) is 12.8. The zero-order chi connectivity index (χ0) is 29.0. The Morgan fingerprint density at radius 2 is 1.98 bits per heavy atom. The highest BCUT2D eigenvalue weighted by Gasteiger charge is 2.38. The Balaban J connectivity index is 1.13. The van der Waals surface area contributed by atoms with Gasteiger partial charge in [0.05, 0.1) is 18.2 Å². The molecule has 2 aromatic rings. The first-order valence-electron chi connectivity index (χ1n) is 15.3. The van der Waals surface area contributed by atoms with Gasteiger partial charge < -0.3 is 20.0 Å². The van der Waals surface area contributed by atoms with Gasteiger partial charge in [0.25, 0.3) is 5.91 Å². The van der Waals surface area contributed by atoms with E-state index >= 15 is 4.39 Å². The summed E-state index contributed by atoms with van der Waals surface area (Å²) in [5.41, 5.74) is 4.51. The molecule has 6 nitrogen and oxygen atoms in total. The largest absolute Gasteiger partial charge is 0.393 e. The van der Waals surface area contributed by atoms with Crippen molar-refractivity contribution in [1.82, 2.24) is 9.80 Å². The minimum absolute atomic E-state index is 0.0248. The summed E-state index contributed by atoms with van der Waals surface area (Å²) < 4.78 is 15.5. The standard InChI is InChI=1S/C35H38FN3O3/c1-22-28-5-3-2-4-25(28)11-14-38(22)34(41)31-19-32(26-7-8-26)39-15-12-27(18-33(39)37-31)29-9-6-23(17-30(29)36)16-24-10-13-35(42,20-24)21-40/h2-6,9,12,15,17-19,22,24,26-27,40,42H,7-8,10-11,13-14,16,20-21H2,1H3/t22-,24?,27?,35?/m1/s1. The van der Waals surface area contributed by atoms with Gasteiger partial charge in [-0.2, -0.15) is 0 Å². The molecular weight excluding hydrogens is 529 g/mol. The molecule has 2 saturated carbocycles. The molecule has 3 unspecified atom stereocenters. The monoisotopic (exact) mass is 567 g/mol. The minimum atomic E-state index is -1.00. The zero-order valence-corrected chi connectivity index (χ0v) is 24.0. The van der Waals surface area contributed by atoms with Gasteiger partial charge in [-0.05, 0) is 104 Å². The number of benzene rings is 2. The maximum Gasteiger partial charge on any atom is 0.273 e. The lowest BCUT2D eigenvalue weighted by atomic mass is 9.91. The van der Waals surface area contributed by atoms with Crippen LogP contribution in [0.15, 0.2) is 83.4 Å². The fourth-order valence-corrected chi connectivity index (χ4v) is 7.25. The summed E-state index contributed by atoms with van der Waals surface area (Å²) in [6.45, 7) is 2.52. The number of aliphatic imine (C=N–C) groups is 1. The second-order valence-electron chi connectivity index (χ2n) is 12.8. The van der Waals surface area contributed by atoms with Crippen molar-refractivity contribution in [2.24, 2.45) is 16.8 Å². The van der Waals surface area contributed by atoms with Crippen molar-refractivity contribution in [3.05, 3.63) is 106 Å². The minimum Gasteiger partial charge on any atom is -0.393 e. The predicted molar refractivity (Wildman–Crippen MR) is 160 cm³/mol. The Hall–Kier alpha value is -3.55. The van der Waals surface area contributed by atoms with Gasteiger partial charge >= 0.3 is 0 Å². The summed E-state index contributed by atoms with van der Waals surface area (Å²) in [7, 11) is 0. The van der Waals surface area contributed by atoms with Gasteiger partial charge in [-0.3, -0.25) is 4.79 Å². The Morgan fingerprint density at radius 1 is 1.14 bits per heavy atom. The van der Waals surface area contributed by atoms with E-state index in [-0.39, 0.29) is 36.2 Å². The van der Waals surface area contributed by atoms with Crippen LogP contribution in [-0.2, 0) is 17.6 Å². The van der Waals surface area contributed by atoms with Crippen LogP contribution in [-0.4, -0.2) is 50.4 Å². The number of allylic oxidation sites excluding steroid dienone is 3. The number of carbonyl (C=O) groups is 1. The Morgan fingerprint density at radius 3 is 2.74 bits per heavy atom. The van der Waals surface area contributed by atoms with Crippen molar-refractivity contribution in [2.75, 3.05) is 13.2 Å². The van der Waals surface area contributed by atoms with Crippen molar-refractivity contribution >= 4 is 11.6 Å². The van der Waals surface area contributed by atoms with E-state index in [1.807, 2.05) is 47.5 Å². The van der Waals surface area contributed by atoms with Crippen LogP contribution in [0.3, 0.4) is 0 Å². The van der Waals surface area contributed by atoms with Crippen molar-refractivity contribution in [2.45, 2.75) is 69.4 Å². The third-order valence-electron chi connectivity index (χ3n) is 9.82. The highest BCUT2D eigenvalue weighted by Crippen LogP contribution is 2.44. The van der Waals surface area contributed by atoms with Crippen LogP contribution >= 0.6 is 0 Å². The second kappa shape index (κ2) is 10.6. The van der Waals surface area contributed by atoms with Crippen molar-refractivity contribution < 1.29 is 19.4 Å². The molecule has 3 heterocycles. The first-order valence-corrected chi connectivity index (χ1v) is 15.3. The Bertz CT molecular complexity index is 1540. The van der Waals surface area contributed by atoms with Crippen LogP contribution in [0.5, 0.6) is 0 Å². The third kappa shape index (κ3) is 5.03. The van der Waals surface area contributed by atoms with Crippen LogP contribution in [0.1, 0.15) is 73.2 Å². The topological polar surface area (TPSA) is 76.4 Å². The van der Waals surface area contributed by atoms with Crippen LogP contribution in [0.4, 0.5) is 4.39 Å². The third-order valence-corrected chi connectivity index (χ3v) is 9.82. The summed E-state index contributed by atoms with van der Waals surface area (Å²) in [4.78, 5) is 22.7. The molecule has 0 aromatic heterocycles. The highest BCUT2D eigenvalue weighted by molar-refractivity contribution is 6.44. The van der Waals surface area contributed by atoms with Gasteiger partial charge in [0.15, 0.2) is 0 Å². The maximum atomic E-state index is 15.5. The number of fused-ring (bicyclic) bond motifs is 2. The van der Waals surface area contributed by atoms with E-state index in [0.717, 1.165) is 36.9 Å². The highest BCUT2D eigenvalue weighted by atomic mass is 19.1. The van der Waals surface area contributed by atoms with E-state index in [9.17, 15) is 15.0 Å². The molecule has 2 aliphatic carbocycles. The summed E-state index contributed by atoms with van der Waals surface area (Å²) >= 11 is 0. The molecule has 2 N–H and O–H groups in total. The summed E-state index contributed by atoms with van der Waals surface area (Å²) in [6.07, 6.45) is 13.6. The van der Waals surface area contributed by atoms with Crippen molar-refractivity contribution in [3.63, 3.8) is 0 Å². The van der Waals surface area contributed by atoms with E-state index in [2.05, 4.69) is 30.0 Å². The van der Waals surface area contributed by atoms with Crippen LogP contribution in [0.2, 0.25) is 0 Å². The van der Waals surface area contributed by atoms with Crippen molar-refractivity contribution in [1.29, 1.82) is 0 Å². The number of rotatable bonds is 6. The number of amides is 1. The summed E-state index contributed by atoms with van der Waals surface area (Å²) in [5.74, 6) is 0.695. The van der Waals surface area contributed by atoms with Gasteiger partial charge in [0.2, 0.25) is 0 Å². The molecule has 7 rings (SSSR count). The summed E-state index contributed by atoms with van der Waals surface area (Å²) in [5, 5.41) is 19.8. The lowest BCUT2D eigenvalue weighted by molar-refractivity contribution is -0.126. The molecule has 2 aromatic carbocycles. The number of halogens is 1. The van der Waals surface area contributed by atoms with E-state index < -0.39 is 5.60 Å². The fourth-order valence-electron chi connectivity index (χ4n) is 7.25. The maximum absolute atomic E-state index is 15.5. The van der Waals surface area contributed by atoms with Gasteiger partial charge in [-0.25, -0.2) is 9.38 Å². The molecule has 0 spiro atoms. The van der Waals surface area contributed by atoms with E-state index in [1.54, 1.807) is 6.07 Å². The van der Waals surface area contributed by atoms with E-state index in [4.69, 9.17) is 4.99 Å². The van der Waals surface area contributed by atoms with Crippen molar-refractivity contribution in [3.8, 4) is 0 Å². The Labute approximate surface area is 246 Å². The first kappa shape index (κ1) is 27.3. The number of aliphatic hydroxyl groups is 2. The lowest BCUT2D eigenvalue weighted by Crippen LogP contribution is -2.43. The average Bonchev–Trinajstić information content (AvgIpc) is 3.78. The van der Waals surface area contributed by atoms with E-state index in [0.29, 0.717) is 48.8 Å². The molecule has 1 amide bonds. The fraction of sp³-hybridized carbons (Fsp3) is 0.429. The number of aliphatic hydroxyl groups excluding tert-OH is 1. The zero-order valence-electron chi connectivity index (χ0n) is 24.0. The van der Waals surface area contributed by atoms with Gasteiger partial charge in [0, 0.05) is 24.4 Å². The SMILES string of the molecule is C[C@@H]1c2ccccc2CCN1C(=O)C1=NC2=CC(c3ccc(CC4CCC(O)(CO)C4)cc3F)C=CN2C(C2CC2)=C1. The molecule has 5 aliphatic rings. The molecule has 0 bridgehead atoms. The molecule has 7 heteroatoms. The van der Waals surface area contributed by atoms with E-state index in [1.165, 1.54) is 11.1 Å². The van der Waals surface area contributed by atoms with Crippen LogP contribution in [0, 0.1) is 17.7 Å². The molecule has 0 radical (unpaired) electrons. The van der Waals surface area contributed by atoms with Crippen LogP contribution in [0.25, 0.3) is 0 Å². The molecule has 2 fully saturated rings. The average molecular weight is 568 g/mol. The molecule has 4 atom stereocenters. The first-order chi connectivity index (χ1) is 20.3. The number of carbonyl (C=O) groups excluding carboxylic acids is 1.